The van der Waals surface area contributed by atoms with Crippen molar-refractivity contribution in [2.75, 3.05) is 5.32 Å². The maximum Gasteiger partial charge on any atom is 0.250 e. The molecule has 3 N–H and O–H groups in total. The molecule has 2 aromatic heterocycles. The average Bonchev–Trinajstić information content (AvgIpc) is 3.41. The highest BCUT2D eigenvalue weighted by Crippen LogP contribution is 2.33. The molecular weight excluding hydrogens is 414 g/mol. The Hall–Kier alpha value is -3.91. The zero-order valence-corrected chi connectivity index (χ0v) is 17.4. The van der Waals surface area contributed by atoms with Crippen molar-refractivity contribution in [2.45, 2.75) is 13.3 Å². The molecule has 31 heavy (non-hydrogen) atoms. The minimum absolute atomic E-state index is 0.0286. The lowest BCUT2D eigenvalue weighted by molar-refractivity contribution is -0.115. The number of oxazole rings is 1. The second-order valence-corrected chi connectivity index (χ2v) is 7.11. The Morgan fingerprint density at radius 2 is 2.10 bits per heavy atom. The van der Waals surface area contributed by atoms with Crippen LogP contribution in [0.3, 0.4) is 0 Å². The van der Waals surface area contributed by atoms with E-state index in [4.69, 9.17) is 21.1 Å². The monoisotopic (exact) mass is 433 g/mol. The van der Waals surface area contributed by atoms with Gasteiger partial charge in [-0.05, 0) is 66.7 Å². The number of fused-ring (bicyclic) bond motifs is 1. The molecule has 7 nitrogen and oxygen atoms in total. The predicted octanol–water partition coefficient (Wildman–Crippen LogP) is 4.88. The van der Waals surface area contributed by atoms with Gasteiger partial charge >= 0.3 is 0 Å². The SMILES string of the molecule is CCc1ccc2oc(-c3ccc(NC(=S)NC(=O)/C=C/c4ccco4)cc3O)nc2c1. The third kappa shape index (κ3) is 4.81. The van der Waals surface area contributed by atoms with E-state index in [0.717, 1.165) is 17.5 Å². The standard InChI is InChI=1S/C23H19N3O4S/c1-2-14-5-9-20-18(12-14)25-22(30-20)17-8-6-15(13-19(17)27)24-23(31)26-21(28)10-7-16-4-3-11-29-16/h3-13,27H,2H2,1H3,(H2,24,26,28,31)/b10-7+. The topological polar surface area (TPSA) is 101 Å². The van der Waals surface area contributed by atoms with E-state index in [0.29, 0.717) is 28.5 Å². The number of hydrogen-bond acceptors (Lipinski definition) is 6. The van der Waals surface area contributed by atoms with Crippen molar-refractivity contribution in [3.8, 4) is 17.2 Å². The van der Waals surface area contributed by atoms with Gasteiger partial charge in [-0.3, -0.25) is 10.1 Å². The fourth-order valence-electron chi connectivity index (χ4n) is 2.96. The van der Waals surface area contributed by atoms with Crippen LogP contribution in [0, 0.1) is 0 Å². The number of furan rings is 1. The van der Waals surface area contributed by atoms with Gasteiger partial charge in [0, 0.05) is 17.8 Å². The van der Waals surface area contributed by atoms with Crippen molar-refractivity contribution < 1.29 is 18.7 Å². The van der Waals surface area contributed by atoms with Crippen LogP contribution >= 0.6 is 12.2 Å². The summed E-state index contributed by atoms with van der Waals surface area (Å²) in [6, 6.07) is 14.1. The first-order valence-corrected chi connectivity index (χ1v) is 9.99. The van der Waals surface area contributed by atoms with Gasteiger partial charge in [0.05, 0.1) is 11.8 Å². The number of aryl methyl sites for hydroxylation is 1. The van der Waals surface area contributed by atoms with Crippen LogP contribution < -0.4 is 10.6 Å². The average molecular weight is 433 g/mol. The first-order valence-electron chi connectivity index (χ1n) is 9.58. The molecule has 156 valence electrons. The Balaban J connectivity index is 1.43. The number of benzene rings is 2. The first-order chi connectivity index (χ1) is 15.0. The molecule has 0 unspecified atom stereocenters. The fourth-order valence-corrected chi connectivity index (χ4v) is 3.18. The summed E-state index contributed by atoms with van der Waals surface area (Å²) in [7, 11) is 0. The Kier molecular flexibility index (Phi) is 5.81. The van der Waals surface area contributed by atoms with E-state index in [1.165, 1.54) is 24.5 Å². The van der Waals surface area contributed by atoms with Gasteiger partial charge in [-0.2, -0.15) is 0 Å². The molecule has 0 aliphatic rings. The van der Waals surface area contributed by atoms with Gasteiger partial charge < -0.3 is 19.3 Å². The van der Waals surface area contributed by atoms with Crippen molar-refractivity contribution in [2.24, 2.45) is 0 Å². The van der Waals surface area contributed by atoms with Gasteiger partial charge in [-0.25, -0.2) is 4.98 Å². The van der Waals surface area contributed by atoms with Crippen molar-refractivity contribution in [1.82, 2.24) is 10.3 Å². The summed E-state index contributed by atoms with van der Waals surface area (Å²) in [6.07, 6.45) is 5.26. The van der Waals surface area contributed by atoms with Gasteiger partial charge in [0.25, 0.3) is 0 Å². The normalized spacial score (nSPS) is 11.1. The molecular formula is C23H19N3O4S. The molecule has 0 radical (unpaired) electrons. The minimum Gasteiger partial charge on any atom is -0.507 e. The van der Waals surface area contributed by atoms with Crippen LogP contribution in [0.2, 0.25) is 0 Å². The van der Waals surface area contributed by atoms with Crippen molar-refractivity contribution >= 4 is 46.1 Å². The smallest absolute Gasteiger partial charge is 0.250 e. The van der Waals surface area contributed by atoms with Crippen molar-refractivity contribution in [3.05, 3.63) is 72.2 Å². The number of hydrogen-bond donors (Lipinski definition) is 3. The van der Waals surface area contributed by atoms with Crippen molar-refractivity contribution in [1.29, 1.82) is 0 Å². The molecule has 0 saturated carbocycles. The van der Waals surface area contributed by atoms with Crippen LogP contribution in [0.25, 0.3) is 28.6 Å². The Morgan fingerprint density at radius 1 is 1.23 bits per heavy atom. The number of phenols is 1. The zero-order chi connectivity index (χ0) is 21.8. The molecule has 0 aliphatic carbocycles. The number of rotatable bonds is 5. The number of carbonyl (C=O) groups excluding carboxylic acids is 1. The number of anilines is 1. The molecule has 2 heterocycles. The number of amides is 1. The fraction of sp³-hybridized carbons (Fsp3) is 0.0870. The predicted molar refractivity (Wildman–Crippen MR) is 123 cm³/mol. The van der Waals surface area contributed by atoms with E-state index in [1.54, 1.807) is 24.3 Å². The summed E-state index contributed by atoms with van der Waals surface area (Å²) in [6.45, 7) is 2.07. The lowest BCUT2D eigenvalue weighted by Crippen LogP contribution is -2.32. The molecule has 4 rings (SSSR count). The molecule has 0 spiro atoms. The zero-order valence-electron chi connectivity index (χ0n) is 16.6. The largest absolute Gasteiger partial charge is 0.507 e. The molecule has 0 saturated heterocycles. The van der Waals surface area contributed by atoms with Gasteiger partial charge in [-0.15, -0.1) is 0 Å². The molecule has 0 fully saturated rings. The lowest BCUT2D eigenvalue weighted by Gasteiger charge is -2.09. The number of aromatic nitrogens is 1. The molecule has 4 aromatic rings. The second kappa shape index (κ2) is 8.85. The summed E-state index contributed by atoms with van der Waals surface area (Å²) < 4.78 is 10.9. The summed E-state index contributed by atoms with van der Waals surface area (Å²) >= 11 is 5.15. The molecule has 0 atom stereocenters. The highest BCUT2D eigenvalue weighted by Gasteiger charge is 2.14. The number of carbonyl (C=O) groups is 1. The molecule has 1 amide bonds. The van der Waals surface area contributed by atoms with Gasteiger partial charge in [0.2, 0.25) is 11.8 Å². The highest BCUT2D eigenvalue weighted by atomic mass is 32.1. The number of thiocarbonyl (C=S) groups is 1. The van der Waals surface area contributed by atoms with Crippen LogP contribution in [0.15, 0.2) is 69.7 Å². The Labute approximate surface area is 183 Å². The number of aromatic hydroxyl groups is 1. The van der Waals surface area contributed by atoms with Crippen LogP contribution in [-0.4, -0.2) is 21.1 Å². The highest BCUT2D eigenvalue weighted by molar-refractivity contribution is 7.80. The van der Waals surface area contributed by atoms with E-state index < -0.39 is 5.91 Å². The lowest BCUT2D eigenvalue weighted by atomic mass is 10.1. The summed E-state index contributed by atoms with van der Waals surface area (Å²) in [4.78, 5) is 16.4. The maximum absolute atomic E-state index is 11.9. The number of phenolic OH excluding ortho intramolecular Hbond substituents is 1. The third-order valence-electron chi connectivity index (χ3n) is 4.53. The molecule has 0 bridgehead atoms. The van der Waals surface area contributed by atoms with Crippen LogP contribution in [0.5, 0.6) is 5.75 Å². The second-order valence-electron chi connectivity index (χ2n) is 6.70. The quantitative estimate of drug-likeness (QED) is 0.305. The van der Waals surface area contributed by atoms with E-state index in [1.807, 2.05) is 18.2 Å². The van der Waals surface area contributed by atoms with Crippen LogP contribution in [-0.2, 0) is 11.2 Å². The Bertz CT molecular complexity index is 1280. The summed E-state index contributed by atoms with van der Waals surface area (Å²) in [5.41, 5.74) is 3.51. The molecule has 8 heteroatoms. The van der Waals surface area contributed by atoms with Crippen molar-refractivity contribution in [3.63, 3.8) is 0 Å². The molecule has 0 aliphatic heterocycles. The number of nitrogens with one attached hydrogen (secondary N) is 2. The van der Waals surface area contributed by atoms with Gasteiger partial charge in [0.1, 0.15) is 17.0 Å². The van der Waals surface area contributed by atoms with E-state index >= 15 is 0 Å². The first kappa shape index (κ1) is 20.4. The summed E-state index contributed by atoms with van der Waals surface area (Å²) in [5.74, 6) is 0.442. The third-order valence-corrected chi connectivity index (χ3v) is 4.73. The van der Waals surface area contributed by atoms with E-state index in [9.17, 15) is 9.90 Å². The molecule has 2 aromatic carbocycles. The maximum atomic E-state index is 11.9. The van der Waals surface area contributed by atoms with Gasteiger partial charge in [0.15, 0.2) is 10.7 Å². The van der Waals surface area contributed by atoms with E-state index in [-0.39, 0.29) is 10.9 Å². The van der Waals surface area contributed by atoms with Crippen LogP contribution in [0.4, 0.5) is 5.69 Å². The number of nitrogens with zero attached hydrogens (tertiary/aromatic N) is 1. The Morgan fingerprint density at radius 3 is 2.84 bits per heavy atom. The van der Waals surface area contributed by atoms with Crippen LogP contribution in [0.1, 0.15) is 18.2 Å². The van der Waals surface area contributed by atoms with E-state index in [2.05, 4.69) is 22.5 Å². The summed E-state index contributed by atoms with van der Waals surface area (Å²) in [5, 5.41) is 15.9. The van der Waals surface area contributed by atoms with Gasteiger partial charge in [-0.1, -0.05) is 13.0 Å². The minimum atomic E-state index is -0.410.